The average molecular weight is 200 g/mol. The van der Waals surface area contributed by atoms with Crippen LogP contribution < -0.4 is 5.32 Å². The third kappa shape index (κ3) is 3.56. The fourth-order valence-corrected chi connectivity index (χ4v) is 2.02. The van der Waals surface area contributed by atoms with Gasteiger partial charge in [-0.15, -0.1) is 0 Å². The molecule has 3 heteroatoms. The summed E-state index contributed by atoms with van der Waals surface area (Å²) >= 11 is 0. The molecule has 3 nitrogen and oxygen atoms in total. The van der Waals surface area contributed by atoms with Gasteiger partial charge in [0, 0.05) is 26.2 Å². The van der Waals surface area contributed by atoms with Crippen LogP contribution >= 0.6 is 0 Å². The van der Waals surface area contributed by atoms with Crippen LogP contribution in [0.5, 0.6) is 0 Å². The summed E-state index contributed by atoms with van der Waals surface area (Å²) in [4.78, 5) is 2.53. The monoisotopic (exact) mass is 200 g/mol. The number of nitrogens with one attached hydrogen (secondary N) is 1. The lowest BCUT2D eigenvalue weighted by atomic mass is 10.2. The normalized spacial score (nSPS) is 25.5. The molecule has 1 heterocycles. The van der Waals surface area contributed by atoms with Crippen molar-refractivity contribution in [1.29, 1.82) is 0 Å². The second-order valence-electron chi connectivity index (χ2n) is 4.13. The highest BCUT2D eigenvalue weighted by Crippen LogP contribution is 2.16. The Bertz CT molecular complexity index is 152. The Morgan fingerprint density at radius 2 is 2.36 bits per heavy atom. The molecule has 0 aliphatic carbocycles. The Labute approximate surface area is 87.8 Å². The minimum Gasteiger partial charge on any atom is -0.380 e. The van der Waals surface area contributed by atoms with Crippen molar-refractivity contribution in [1.82, 2.24) is 10.2 Å². The summed E-state index contributed by atoms with van der Waals surface area (Å²) in [6.07, 6.45) is 2.91. The van der Waals surface area contributed by atoms with Crippen LogP contribution in [0.4, 0.5) is 0 Å². The molecule has 0 aromatic rings. The maximum Gasteiger partial charge on any atom is 0.0710 e. The van der Waals surface area contributed by atoms with Gasteiger partial charge in [0.15, 0.2) is 0 Å². The zero-order chi connectivity index (χ0) is 10.4. The van der Waals surface area contributed by atoms with E-state index >= 15 is 0 Å². The van der Waals surface area contributed by atoms with Crippen molar-refractivity contribution in [2.75, 3.05) is 33.3 Å². The fourth-order valence-electron chi connectivity index (χ4n) is 2.02. The first kappa shape index (κ1) is 12.0. The molecular weight excluding hydrogens is 176 g/mol. The van der Waals surface area contributed by atoms with Crippen LogP contribution in [0.15, 0.2) is 0 Å². The molecule has 1 aliphatic heterocycles. The topological polar surface area (TPSA) is 24.5 Å². The molecule has 1 saturated heterocycles. The van der Waals surface area contributed by atoms with Gasteiger partial charge in [0.25, 0.3) is 0 Å². The molecule has 0 aromatic carbocycles. The molecule has 1 rings (SSSR count). The van der Waals surface area contributed by atoms with Gasteiger partial charge in [-0.1, -0.05) is 6.92 Å². The highest BCUT2D eigenvalue weighted by molar-refractivity contribution is 4.80. The Kier molecular flexibility index (Phi) is 5.45. The van der Waals surface area contributed by atoms with E-state index in [9.17, 15) is 0 Å². The Morgan fingerprint density at radius 1 is 1.57 bits per heavy atom. The summed E-state index contributed by atoms with van der Waals surface area (Å²) in [5.41, 5.74) is 0. The lowest BCUT2D eigenvalue weighted by molar-refractivity contribution is 0.101. The number of hydrogen-bond acceptors (Lipinski definition) is 3. The second kappa shape index (κ2) is 6.38. The van der Waals surface area contributed by atoms with Gasteiger partial charge in [0.2, 0.25) is 0 Å². The zero-order valence-electron chi connectivity index (χ0n) is 9.75. The van der Waals surface area contributed by atoms with E-state index < -0.39 is 0 Å². The van der Waals surface area contributed by atoms with Crippen molar-refractivity contribution >= 4 is 0 Å². The molecule has 1 fully saturated rings. The summed E-state index contributed by atoms with van der Waals surface area (Å²) < 4.78 is 5.36. The van der Waals surface area contributed by atoms with E-state index in [1.807, 2.05) is 7.11 Å². The number of methoxy groups -OCH3 is 1. The summed E-state index contributed by atoms with van der Waals surface area (Å²) in [7, 11) is 1.82. The van der Waals surface area contributed by atoms with E-state index in [4.69, 9.17) is 4.74 Å². The van der Waals surface area contributed by atoms with E-state index in [2.05, 4.69) is 24.1 Å². The van der Waals surface area contributed by atoms with Crippen LogP contribution in [0.25, 0.3) is 0 Å². The smallest absolute Gasteiger partial charge is 0.0710 e. The maximum absolute atomic E-state index is 5.36. The summed E-state index contributed by atoms with van der Waals surface area (Å²) in [5, 5.41) is 3.37. The molecule has 0 bridgehead atoms. The lowest BCUT2D eigenvalue weighted by Crippen LogP contribution is -2.34. The second-order valence-corrected chi connectivity index (χ2v) is 4.13. The number of ether oxygens (including phenoxy) is 1. The molecule has 1 N–H and O–H groups in total. The fraction of sp³-hybridized carbons (Fsp3) is 1.00. The standard InChI is InChI=1S/C11H24N2O/c1-4-12-7-5-10(2)13-8-6-11(9-13)14-3/h10-12H,4-9H2,1-3H3. The van der Waals surface area contributed by atoms with Gasteiger partial charge in [-0.2, -0.15) is 0 Å². The molecule has 0 spiro atoms. The van der Waals surface area contributed by atoms with Crippen LogP contribution in [0.2, 0.25) is 0 Å². The van der Waals surface area contributed by atoms with Gasteiger partial charge in [-0.05, 0) is 32.9 Å². The van der Waals surface area contributed by atoms with Crippen molar-refractivity contribution in [3.63, 3.8) is 0 Å². The molecule has 1 aliphatic rings. The molecule has 0 amide bonds. The maximum atomic E-state index is 5.36. The Hall–Kier alpha value is -0.120. The van der Waals surface area contributed by atoms with Crippen LogP contribution in [0, 0.1) is 0 Å². The summed E-state index contributed by atoms with van der Waals surface area (Å²) in [6, 6.07) is 0.689. The zero-order valence-corrected chi connectivity index (χ0v) is 9.75. The van der Waals surface area contributed by atoms with Crippen LogP contribution in [0.1, 0.15) is 26.7 Å². The minimum atomic E-state index is 0.469. The van der Waals surface area contributed by atoms with E-state index in [-0.39, 0.29) is 0 Å². The van der Waals surface area contributed by atoms with Gasteiger partial charge in [-0.25, -0.2) is 0 Å². The molecule has 0 radical (unpaired) electrons. The van der Waals surface area contributed by atoms with Crippen molar-refractivity contribution in [2.24, 2.45) is 0 Å². The van der Waals surface area contributed by atoms with Gasteiger partial charge in [0.05, 0.1) is 6.10 Å². The highest BCUT2D eigenvalue weighted by atomic mass is 16.5. The Morgan fingerprint density at radius 3 is 2.93 bits per heavy atom. The van der Waals surface area contributed by atoms with Crippen molar-refractivity contribution in [3.8, 4) is 0 Å². The van der Waals surface area contributed by atoms with Crippen molar-refractivity contribution in [2.45, 2.75) is 38.8 Å². The number of hydrogen-bond donors (Lipinski definition) is 1. The van der Waals surface area contributed by atoms with Crippen LogP contribution in [-0.2, 0) is 4.74 Å². The lowest BCUT2D eigenvalue weighted by Gasteiger charge is -2.24. The SMILES string of the molecule is CCNCCC(C)N1CCC(OC)C1. The number of likely N-dealkylation sites (tertiary alicyclic amines) is 1. The summed E-state index contributed by atoms with van der Waals surface area (Å²) in [5.74, 6) is 0. The van der Waals surface area contributed by atoms with Crippen molar-refractivity contribution in [3.05, 3.63) is 0 Å². The number of rotatable bonds is 6. The Balaban J connectivity index is 2.15. The van der Waals surface area contributed by atoms with E-state index in [0.29, 0.717) is 12.1 Å². The number of nitrogens with zero attached hydrogens (tertiary/aromatic N) is 1. The van der Waals surface area contributed by atoms with Gasteiger partial charge in [-0.3, -0.25) is 4.90 Å². The molecular formula is C11H24N2O. The van der Waals surface area contributed by atoms with E-state index in [1.54, 1.807) is 0 Å². The van der Waals surface area contributed by atoms with Crippen LogP contribution in [0.3, 0.4) is 0 Å². The predicted molar refractivity (Wildman–Crippen MR) is 59.6 cm³/mol. The van der Waals surface area contributed by atoms with Crippen LogP contribution in [-0.4, -0.2) is 50.3 Å². The van der Waals surface area contributed by atoms with E-state index in [1.165, 1.54) is 19.4 Å². The largest absolute Gasteiger partial charge is 0.380 e. The van der Waals surface area contributed by atoms with Gasteiger partial charge in [0.1, 0.15) is 0 Å². The third-order valence-electron chi connectivity index (χ3n) is 3.12. The average Bonchev–Trinajstić information content (AvgIpc) is 2.66. The van der Waals surface area contributed by atoms with Gasteiger partial charge < -0.3 is 10.1 Å². The predicted octanol–water partition coefficient (Wildman–Crippen LogP) is 1.10. The molecule has 84 valence electrons. The van der Waals surface area contributed by atoms with Crippen molar-refractivity contribution < 1.29 is 4.74 Å². The summed E-state index contributed by atoms with van der Waals surface area (Å²) in [6.45, 7) is 8.99. The molecule has 2 unspecified atom stereocenters. The minimum absolute atomic E-state index is 0.469. The first-order valence-corrected chi connectivity index (χ1v) is 5.75. The highest BCUT2D eigenvalue weighted by Gasteiger charge is 2.25. The molecule has 2 atom stereocenters. The molecule has 0 aromatic heterocycles. The first-order chi connectivity index (χ1) is 6.77. The quantitative estimate of drug-likeness (QED) is 0.650. The first-order valence-electron chi connectivity index (χ1n) is 5.75. The molecule has 14 heavy (non-hydrogen) atoms. The van der Waals surface area contributed by atoms with E-state index in [0.717, 1.165) is 19.6 Å². The third-order valence-corrected chi connectivity index (χ3v) is 3.12. The molecule has 0 saturated carbocycles. The van der Waals surface area contributed by atoms with Gasteiger partial charge >= 0.3 is 0 Å².